The second-order valence-corrected chi connectivity index (χ2v) is 5.62. The van der Waals surface area contributed by atoms with E-state index in [1.807, 2.05) is 0 Å². The number of rotatable bonds is 1. The summed E-state index contributed by atoms with van der Waals surface area (Å²) in [4.78, 5) is 2.49. The van der Waals surface area contributed by atoms with E-state index in [0.717, 1.165) is 26.3 Å². The maximum absolute atomic E-state index is 5.41. The third kappa shape index (κ3) is 2.67. The van der Waals surface area contributed by atoms with Crippen LogP contribution < -0.4 is 0 Å². The Morgan fingerprint density at radius 3 is 2.56 bits per heavy atom. The molecule has 1 aliphatic carbocycles. The van der Waals surface area contributed by atoms with Gasteiger partial charge in [-0.05, 0) is 31.3 Å². The molecular formula is C14H23NO. The van der Waals surface area contributed by atoms with E-state index in [2.05, 4.69) is 37.8 Å². The maximum atomic E-state index is 5.41. The Labute approximate surface area is 99.0 Å². The van der Waals surface area contributed by atoms with Crippen molar-refractivity contribution < 1.29 is 4.74 Å². The highest BCUT2D eigenvalue weighted by Crippen LogP contribution is 2.39. The maximum Gasteiger partial charge on any atom is 0.0642 e. The first-order valence-electron chi connectivity index (χ1n) is 6.29. The lowest BCUT2D eigenvalue weighted by atomic mass is 9.77. The molecule has 0 amide bonds. The van der Waals surface area contributed by atoms with Crippen LogP contribution >= 0.6 is 0 Å². The number of ether oxygens (including phenoxy) is 1. The molecule has 0 N–H and O–H groups in total. The second-order valence-electron chi connectivity index (χ2n) is 5.62. The summed E-state index contributed by atoms with van der Waals surface area (Å²) in [5.74, 6) is 0. The fourth-order valence-corrected chi connectivity index (χ4v) is 2.66. The Morgan fingerprint density at radius 1 is 1.25 bits per heavy atom. The fraction of sp³-hybridized carbons (Fsp3) is 0.714. The van der Waals surface area contributed by atoms with Gasteiger partial charge in [-0.1, -0.05) is 25.5 Å². The molecule has 0 radical (unpaired) electrons. The quantitative estimate of drug-likeness (QED) is 0.675. The van der Waals surface area contributed by atoms with Gasteiger partial charge < -0.3 is 9.64 Å². The van der Waals surface area contributed by atoms with E-state index < -0.39 is 0 Å². The van der Waals surface area contributed by atoms with Crippen molar-refractivity contribution in [1.82, 2.24) is 4.90 Å². The summed E-state index contributed by atoms with van der Waals surface area (Å²) >= 11 is 0. The molecule has 16 heavy (non-hydrogen) atoms. The van der Waals surface area contributed by atoms with Gasteiger partial charge >= 0.3 is 0 Å². The summed E-state index contributed by atoms with van der Waals surface area (Å²) in [5, 5.41) is 0. The molecule has 0 aromatic carbocycles. The summed E-state index contributed by atoms with van der Waals surface area (Å²) in [5.41, 5.74) is 3.40. The van der Waals surface area contributed by atoms with E-state index in [1.165, 1.54) is 24.1 Å². The molecule has 0 spiro atoms. The van der Waals surface area contributed by atoms with E-state index >= 15 is 0 Å². The van der Waals surface area contributed by atoms with Crippen LogP contribution in [0.1, 0.15) is 33.6 Å². The minimum atomic E-state index is 0.407. The molecule has 0 bridgehead atoms. The second kappa shape index (κ2) is 4.62. The minimum absolute atomic E-state index is 0.407. The third-order valence-electron chi connectivity index (χ3n) is 3.48. The topological polar surface area (TPSA) is 12.5 Å². The Bertz CT molecular complexity index is 309. The van der Waals surface area contributed by atoms with Crippen molar-refractivity contribution in [2.75, 3.05) is 26.3 Å². The van der Waals surface area contributed by atoms with Crippen molar-refractivity contribution in [3.8, 4) is 0 Å². The first-order chi connectivity index (χ1) is 7.61. The zero-order valence-electron chi connectivity index (χ0n) is 10.8. The van der Waals surface area contributed by atoms with Crippen molar-refractivity contribution in [2.45, 2.75) is 33.6 Å². The minimum Gasteiger partial charge on any atom is -0.378 e. The average molecular weight is 221 g/mol. The molecule has 2 rings (SSSR count). The summed E-state index contributed by atoms with van der Waals surface area (Å²) in [6, 6.07) is 0. The van der Waals surface area contributed by atoms with Crippen LogP contribution in [-0.2, 0) is 4.74 Å². The molecule has 1 heterocycles. The van der Waals surface area contributed by atoms with Crippen LogP contribution in [0.3, 0.4) is 0 Å². The Morgan fingerprint density at radius 2 is 1.94 bits per heavy atom. The lowest BCUT2D eigenvalue weighted by molar-refractivity contribution is 0.0485. The van der Waals surface area contributed by atoms with E-state index in [9.17, 15) is 0 Å². The van der Waals surface area contributed by atoms with Crippen LogP contribution in [0.15, 0.2) is 23.4 Å². The zero-order chi connectivity index (χ0) is 11.6. The van der Waals surface area contributed by atoms with Gasteiger partial charge in [0.2, 0.25) is 0 Å². The van der Waals surface area contributed by atoms with Gasteiger partial charge in [0.1, 0.15) is 0 Å². The van der Waals surface area contributed by atoms with Gasteiger partial charge in [-0.3, -0.25) is 0 Å². The molecule has 0 unspecified atom stereocenters. The number of hydrogen-bond donors (Lipinski definition) is 0. The molecule has 0 atom stereocenters. The van der Waals surface area contributed by atoms with Gasteiger partial charge in [-0.15, -0.1) is 0 Å². The molecule has 2 heteroatoms. The first kappa shape index (κ1) is 11.7. The van der Waals surface area contributed by atoms with E-state index in [0.29, 0.717) is 5.41 Å². The lowest BCUT2D eigenvalue weighted by Gasteiger charge is -2.38. The number of morpholine rings is 1. The standard InChI is InChI=1S/C14H23NO/c1-4-12-9-13(11-14(2,3)10-12)15-5-7-16-8-6-15/h4,9H,5-8,10-11H2,1-3H3. The highest BCUT2D eigenvalue weighted by Gasteiger charge is 2.28. The SMILES string of the molecule is CC=C1C=C(N2CCOCC2)CC(C)(C)C1. The first-order valence-corrected chi connectivity index (χ1v) is 6.29. The van der Waals surface area contributed by atoms with Crippen LogP contribution in [0.2, 0.25) is 0 Å². The normalized spacial score (nSPS) is 28.1. The van der Waals surface area contributed by atoms with Crippen molar-refractivity contribution >= 4 is 0 Å². The van der Waals surface area contributed by atoms with Gasteiger partial charge in [-0.2, -0.15) is 0 Å². The highest BCUT2D eigenvalue weighted by molar-refractivity contribution is 5.29. The fourth-order valence-electron chi connectivity index (χ4n) is 2.66. The molecular weight excluding hydrogens is 198 g/mol. The zero-order valence-corrected chi connectivity index (χ0v) is 10.8. The van der Waals surface area contributed by atoms with Gasteiger partial charge in [-0.25, -0.2) is 0 Å². The van der Waals surface area contributed by atoms with Crippen molar-refractivity contribution in [1.29, 1.82) is 0 Å². The van der Waals surface area contributed by atoms with Crippen LogP contribution in [0.5, 0.6) is 0 Å². The Kier molecular flexibility index (Phi) is 3.38. The van der Waals surface area contributed by atoms with Gasteiger partial charge in [0.15, 0.2) is 0 Å². The van der Waals surface area contributed by atoms with Crippen molar-refractivity contribution in [2.24, 2.45) is 5.41 Å². The molecule has 0 aromatic rings. The van der Waals surface area contributed by atoms with Gasteiger partial charge in [0.25, 0.3) is 0 Å². The summed E-state index contributed by atoms with van der Waals surface area (Å²) in [7, 11) is 0. The summed E-state index contributed by atoms with van der Waals surface area (Å²) in [6.07, 6.45) is 7.04. The van der Waals surface area contributed by atoms with Crippen LogP contribution in [0.4, 0.5) is 0 Å². The molecule has 0 aromatic heterocycles. The Balaban J connectivity index is 2.15. The molecule has 1 saturated heterocycles. The van der Waals surface area contributed by atoms with E-state index in [-0.39, 0.29) is 0 Å². The predicted molar refractivity (Wildman–Crippen MR) is 67.2 cm³/mol. The van der Waals surface area contributed by atoms with E-state index in [1.54, 1.807) is 0 Å². The average Bonchev–Trinajstić information content (AvgIpc) is 2.28. The molecule has 2 nitrogen and oxygen atoms in total. The molecule has 0 saturated carbocycles. The molecule has 1 aliphatic heterocycles. The largest absolute Gasteiger partial charge is 0.378 e. The van der Waals surface area contributed by atoms with Gasteiger partial charge in [0, 0.05) is 18.8 Å². The molecule has 1 fully saturated rings. The molecule has 2 aliphatic rings. The number of hydrogen-bond acceptors (Lipinski definition) is 2. The van der Waals surface area contributed by atoms with Crippen LogP contribution in [-0.4, -0.2) is 31.2 Å². The van der Waals surface area contributed by atoms with Crippen LogP contribution in [0.25, 0.3) is 0 Å². The smallest absolute Gasteiger partial charge is 0.0642 e. The van der Waals surface area contributed by atoms with Crippen LogP contribution in [0, 0.1) is 5.41 Å². The third-order valence-corrected chi connectivity index (χ3v) is 3.48. The molecule has 90 valence electrons. The van der Waals surface area contributed by atoms with E-state index in [4.69, 9.17) is 4.74 Å². The van der Waals surface area contributed by atoms with Gasteiger partial charge in [0.05, 0.1) is 13.2 Å². The predicted octanol–water partition coefficient (Wildman–Crippen LogP) is 2.97. The lowest BCUT2D eigenvalue weighted by Crippen LogP contribution is -2.38. The highest BCUT2D eigenvalue weighted by atomic mass is 16.5. The summed E-state index contributed by atoms with van der Waals surface area (Å²) in [6.45, 7) is 10.7. The van der Waals surface area contributed by atoms with Crippen molar-refractivity contribution in [3.63, 3.8) is 0 Å². The summed E-state index contributed by atoms with van der Waals surface area (Å²) < 4.78 is 5.41. The number of allylic oxidation sites excluding steroid dienone is 4. The van der Waals surface area contributed by atoms with Crippen molar-refractivity contribution in [3.05, 3.63) is 23.4 Å². The number of nitrogens with zero attached hydrogens (tertiary/aromatic N) is 1. The monoisotopic (exact) mass is 221 g/mol. The Hall–Kier alpha value is -0.760.